The summed E-state index contributed by atoms with van der Waals surface area (Å²) >= 11 is 0. The van der Waals surface area contributed by atoms with Crippen molar-refractivity contribution in [1.82, 2.24) is 19.2 Å². The van der Waals surface area contributed by atoms with Crippen molar-refractivity contribution >= 4 is 22.5 Å². The maximum absolute atomic E-state index is 13.3. The van der Waals surface area contributed by atoms with Crippen LogP contribution in [0.15, 0.2) is 41.2 Å². The van der Waals surface area contributed by atoms with Crippen molar-refractivity contribution in [2.45, 2.75) is 18.9 Å². The lowest BCUT2D eigenvalue weighted by Crippen LogP contribution is -3.00. The van der Waals surface area contributed by atoms with Crippen LogP contribution < -0.4 is 10.8 Å². The van der Waals surface area contributed by atoms with Gasteiger partial charge in [-0.3, -0.25) is 14.3 Å². The fraction of sp³-hybridized carbons (Fsp3) is 0.350. The zero-order chi connectivity index (χ0) is 20.3. The largest absolute Gasteiger partial charge is 0.595 e. The number of hydrogen-bond donors (Lipinski definition) is 2. The molecule has 2 aliphatic rings. The van der Waals surface area contributed by atoms with Crippen molar-refractivity contribution in [2.24, 2.45) is 13.0 Å². The fourth-order valence-corrected chi connectivity index (χ4v) is 4.80. The van der Waals surface area contributed by atoms with Crippen LogP contribution >= 0.6 is 0 Å². The van der Waals surface area contributed by atoms with Crippen molar-refractivity contribution in [1.29, 1.82) is 0 Å². The first-order chi connectivity index (χ1) is 13.9. The number of nitrogens with one attached hydrogen (secondary N) is 1. The van der Waals surface area contributed by atoms with Crippen LogP contribution in [0.25, 0.3) is 10.9 Å². The Morgan fingerprint density at radius 1 is 1.21 bits per heavy atom. The Balaban J connectivity index is 1.48. The summed E-state index contributed by atoms with van der Waals surface area (Å²) in [5, 5.41) is 24.6. The minimum Gasteiger partial charge on any atom is -0.595 e. The van der Waals surface area contributed by atoms with Crippen LogP contribution in [-0.2, 0) is 13.6 Å². The molecule has 2 aliphatic heterocycles. The standard InChI is InChI=1S/C20H21N5O4/c1-22-16-5-3-2-4-14(16)18(21-22)20(27)23-9-12-8-13(11-23)15-6-7-17(25(28)29)19(26)24(15)10-12/h2-7,12-13,25,28H,8-11H2,1H3. The van der Waals surface area contributed by atoms with Gasteiger partial charge in [0.25, 0.3) is 5.91 Å². The Labute approximate surface area is 165 Å². The Kier molecular flexibility index (Phi) is 4.05. The maximum atomic E-state index is 13.3. The van der Waals surface area contributed by atoms with E-state index < -0.39 is 10.8 Å². The molecule has 0 saturated carbocycles. The number of rotatable bonds is 2. The number of aromatic nitrogens is 3. The number of para-hydroxylation sites is 1. The second-order valence-electron chi connectivity index (χ2n) is 7.89. The van der Waals surface area contributed by atoms with Crippen molar-refractivity contribution < 1.29 is 15.2 Å². The number of carbonyl (C=O) groups is 1. The molecule has 1 aromatic carbocycles. The first-order valence-corrected chi connectivity index (χ1v) is 9.62. The molecule has 3 aromatic rings. The number of fused-ring (bicyclic) bond motifs is 5. The number of amides is 1. The second kappa shape index (κ2) is 6.51. The quantitative estimate of drug-likeness (QED) is 0.611. The molecule has 3 atom stereocenters. The summed E-state index contributed by atoms with van der Waals surface area (Å²) in [5.74, 6) is 0.0216. The third-order valence-corrected chi connectivity index (χ3v) is 6.08. The highest BCUT2D eigenvalue weighted by Gasteiger charge is 2.38. The molecule has 1 fully saturated rings. The van der Waals surface area contributed by atoms with Crippen molar-refractivity contribution in [3.63, 3.8) is 0 Å². The number of aryl methyl sites for hydroxylation is 1. The number of nitrogens with zero attached hydrogens (tertiary/aromatic N) is 4. The summed E-state index contributed by atoms with van der Waals surface area (Å²) in [6.07, 6.45) is 0.888. The number of carbonyl (C=O) groups excluding carboxylic acids is 1. The van der Waals surface area contributed by atoms with Crippen molar-refractivity contribution in [3.8, 4) is 0 Å². The van der Waals surface area contributed by atoms with E-state index in [0.29, 0.717) is 25.3 Å². The maximum Gasteiger partial charge on any atom is 0.315 e. The number of hydrogen-bond acceptors (Lipinski definition) is 5. The van der Waals surface area contributed by atoms with E-state index in [1.165, 1.54) is 6.07 Å². The molecule has 0 radical (unpaired) electrons. The summed E-state index contributed by atoms with van der Waals surface area (Å²) < 4.78 is 3.30. The van der Waals surface area contributed by atoms with Crippen LogP contribution in [0.2, 0.25) is 0 Å². The predicted octanol–water partition coefficient (Wildman–Crippen LogP) is 0.398. The lowest BCUT2D eigenvalue weighted by atomic mass is 9.83. The molecule has 0 spiro atoms. The fourth-order valence-electron chi connectivity index (χ4n) is 4.80. The average molecular weight is 395 g/mol. The van der Waals surface area contributed by atoms with Gasteiger partial charge in [0.05, 0.1) is 5.52 Å². The number of likely N-dealkylation sites (tertiary alicyclic amines) is 1. The van der Waals surface area contributed by atoms with Crippen molar-refractivity contribution in [2.75, 3.05) is 13.1 Å². The Bertz CT molecular complexity index is 1180. The SMILES string of the molecule is Cn1nc(C(=O)N2CC3CC(C2)c2ccc([NH+]([O-])O)c(=O)n2C3)c2ccccc21. The molecule has 0 aliphatic carbocycles. The molecule has 9 heteroatoms. The highest BCUT2D eigenvalue weighted by atomic mass is 16.8. The van der Waals surface area contributed by atoms with Gasteiger partial charge in [0.2, 0.25) is 5.69 Å². The van der Waals surface area contributed by atoms with E-state index >= 15 is 0 Å². The second-order valence-corrected chi connectivity index (χ2v) is 7.89. The van der Waals surface area contributed by atoms with Gasteiger partial charge >= 0.3 is 5.56 Å². The van der Waals surface area contributed by atoms with Crippen LogP contribution in [0.1, 0.15) is 28.5 Å². The molecule has 1 amide bonds. The minimum atomic E-state index is -1.21. The van der Waals surface area contributed by atoms with Crippen LogP contribution in [-0.4, -0.2) is 43.5 Å². The van der Waals surface area contributed by atoms with Gasteiger partial charge in [-0.25, -0.2) is 5.21 Å². The summed E-state index contributed by atoms with van der Waals surface area (Å²) in [7, 11) is 1.83. The first-order valence-electron chi connectivity index (χ1n) is 9.62. The Morgan fingerprint density at radius 3 is 2.79 bits per heavy atom. The molecule has 2 N–H and O–H groups in total. The molecule has 4 heterocycles. The lowest BCUT2D eigenvalue weighted by Gasteiger charge is -2.42. The normalized spacial score (nSPS) is 21.8. The molecule has 3 unspecified atom stereocenters. The van der Waals surface area contributed by atoms with Gasteiger partial charge in [0.15, 0.2) is 5.69 Å². The third kappa shape index (κ3) is 2.78. The van der Waals surface area contributed by atoms with E-state index in [1.807, 2.05) is 36.2 Å². The van der Waals surface area contributed by atoms with Gasteiger partial charge in [-0.2, -0.15) is 10.3 Å². The molecule has 1 saturated heterocycles. The molecular formula is C20H21N5O4. The Hall–Kier alpha value is -3.01. The molecule has 5 rings (SSSR count). The predicted molar refractivity (Wildman–Crippen MR) is 104 cm³/mol. The molecule has 2 bridgehead atoms. The van der Waals surface area contributed by atoms with E-state index in [-0.39, 0.29) is 23.4 Å². The van der Waals surface area contributed by atoms with Gasteiger partial charge in [-0.1, -0.05) is 18.2 Å². The molecule has 9 nitrogen and oxygen atoms in total. The smallest absolute Gasteiger partial charge is 0.315 e. The molecule has 2 aromatic heterocycles. The van der Waals surface area contributed by atoms with Gasteiger partial charge < -0.3 is 14.7 Å². The first kappa shape index (κ1) is 18.0. The molecular weight excluding hydrogens is 374 g/mol. The zero-order valence-electron chi connectivity index (χ0n) is 15.9. The van der Waals surface area contributed by atoms with Gasteiger partial charge in [-0.15, -0.1) is 0 Å². The topological polar surface area (TPSA) is 108 Å². The highest BCUT2D eigenvalue weighted by molar-refractivity contribution is 6.04. The third-order valence-electron chi connectivity index (χ3n) is 6.08. The zero-order valence-corrected chi connectivity index (χ0v) is 15.9. The van der Waals surface area contributed by atoms with Crippen LogP contribution in [0.4, 0.5) is 5.69 Å². The van der Waals surface area contributed by atoms with Crippen LogP contribution in [0.5, 0.6) is 0 Å². The summed E-state index contributed by atoms with van der Waals surface area (Å²) in [6, 6.07) is 10.8. The molecule has 150 valence electrons. The van der Waals surface area contributed by atoms with Crippen molar-refractivity contribution in [3.05, 3.63) is 63.3 Å². The average Bonchev–Trinajstić information content (AvgIpc) is 3.05. The number of piperidine rings is 1. The summed E-state index contributed by atoms with van der Waals surface area (Å²) in [4.78, 5) is 27.7. The summed E-state index contributed by atoms with van der Waals surface area (Å²) in [6.45, 7) is 1.45. The number of pyridine rings is 1. The van der Waals surface area contributed by atoms with Crippen LogP contribution in [0.3, 0.4) is 0 Å². The Morgan fingerprint density at radius 2 is 2.00 bits per heavy atom. The van der Waals surface area contributed by atoms with E-state index in [0.717, 1.165) is 23.0 Å². The number of benzene rings is 1. The minimum absolute atomic E-state index is 0.0111. The van der Waals surface area contributed by atoms with Gasteiger partial charge in [0, 0.05) is 49.7 Å². The van der Waals surface area contributed by atoms with E-state index in [1.54, 1.807) is 15.3 Å². The summed E-state index contributed by atoms with van der Waals surface area (Å²) in [5.41, 5.74) is 1.49. The van der Waals surface area contributed by atoms with E-state index in [2.05, 4.69) is 5.10 Å². The van der Waals surface area contributed by atoms with E-state index in [4.69, 9.17) is 0 Å². The highest BCUT2D eigenvalue weighted by Crippen LogP contribution is 2.36. The van der Waals surface area contributed by atoms with E-state index in [9.17, 15) is 20.0 Å². The monoisotopic (exact) mass is 395 g/mol. The van der Waals surface area contributed by atoms with Gasteiger partial charge in [0.1, 0.15) is 0 Å². The number of quaternary nitrogens is 1. The lowest BCUT2D eigenvalue weighted by molar-refractivity contribution is -0.992. The molecule has 29 heavy (non-hydrogen) atoms. The van der Waals surface area contributed by atoms with Gasteiger partial charge in [-0.05, 0) is 24.5 Å². The van der Waals surface area contributed by atoms with Crippen LogP contribution in [0, 0.1) is 11.1 Å².